The minimum absolute atomic E-state index is 0.102. The lowest BCUT2D eigenvalue weighted by molar-refractivity contribution is 0.191. The standard InChI is InChI=1S/C11H14N4O3S/c1-8-11(9(2)18-13-8)19(16,17)14-6-10(7-14)15-5-3-4-12-15/h3-5,10H,6-7H2,1-2H3. The van der Waals surface area contributed by atoms with Crippen LogP contribution in [0.3, 0.4) is 0 Å². The average Bonchev–Trinajstić information content (AvgIpc) is 2.86. The van der Waals surface area contributed by atoms with Crippen molar-refractivity contribution >= 4 is 10.0 Å². The van der Waals surface area contributed by atoms with Gasteiger partial charge in [0.25, 0.3) is 0 Å². The zero-order chi connectivity index (χ0) is 13.6. The summed E-state index contributed by atoms with van der Waals surface area (Å²) in [5, 5.41) is 7.81. The second-order valence-electron chi connectivity index (χ2n) is 4.62. The molecule has 102 valence electrons. The Balaban J connectivity index is 1.81. The lowest BCUT2D eigenvalue weighted by Gasteiger charge is -2.37. The second-order valence-corrected chi connectivity index (χ2v) is 6.49. The maximum absolute atomic E-state index is 12.4. The fourth-order valence-electron chi connectivity index (χ4n) is 2.25. The van der Waals surface area contributed by atoms with E-state index in [9.17, 15) is 8.42 Å². The molecule has 0 bridgehead atoms. The lowest BCUT2D eigenvalue weighted by Crippen LogP contribution is -2.50. The molecule has 0 unspecified atom stereocenters. The van der Waals surface area contributed by atoms with Gasteiger partial charge in [-0.2, -0.15) is 9.40 Å². The number of sulfonamides is 1. The first-order chi connectivity index (χ1) is 9.00. The van der Waals surface area contributed by atoms with Crippen molar-refractivity contribution in [3.05, 3.63) is 29.9 Å². The molecule has 1 saturated heterocycles. The summed E-state index contributed by atoms with van der Waals surface area (Å²) in [6.45, 7) is 4.09. The molecule has 0 atom stereocenters. The molecule has 19 heavy (non-hydrogen) atoms. The summed E-state index contributed by atoms with van der Waals surface area (Å²) in [5.74, 6) is 0.333. The highest BCUT2D eigenvalue weighted by Crippen LogP contribution is 2.30. The van der Waals surface area contributed by atoms with E-state index >= 15 is 0 Å². The van der Waals surface area contributed by atoms with Crippen LogP contribution in [0.4, 0.5) is 0 Å². The molecule has 0 aromatic carbocycles. The van der Waals surface area contributed by atoms with Crippen LogP contribution in [0.25, 0.3) is 0 Å². The molecular weight excluding hydrogens is 268 g/mol. The summed E-state index contributed by atoms with van der Waals surface area (Å²) in [6.07, 6.45) is 3.52. The number of aromatic nitrogens is 3. The summed E-state index contributed by atoms with van der Waals surface area (Å²) in [6, 6.07) is 1.93. The van der Waals surface area contributed by atoms with Gasteiger partial charge in [0.15, 0.2) is 5.76 Å². The zero-order valence-electron chi connectivity index (χ0n) is 10.6. The first-order valence-corrected chi connectivity index (χ1v) is 7.36. The highest BCUT2D eigenvalue weighted by atomic mass is 32.2. The van der Waals surface area contributed by atoms with Crippen LogP contribution >= 0.6 is 0 Å². The van der Waals surface area contributed by atoms with Crippen molar-refractivity contribution in [2.24, 2.45) is 0 Å². The van der Waals surface area contributed by atoms with Gasteiger partial charge in [0.05, 0.1) is 6.04 Å². The lowest BCUT2D eigenvalue weighted by atomic mass is 10.2. The van der Waals surface area contributed by atoms with Gasteiger partial charge in [-0.1, -0.05) is 5.16 Å². The SMILES string of the molecule is Cc1noc(C)c1S(=O)(=O)N1CC(n2cccn2)C1. The normalized spacial score (nSPS) is 17.6. The third-order valence-electron chi connectivity index (χ3n) is 3.29. The maximum atomic E-state index is 12.4. The zero-order valence-corrected chi connectivity index (χ0v) is 11.5. The molecular formula is C11H14N4O3S. The van der Waals surface area contributed by atoms with Crippen molar-refractivity contribution in [2.45, 2.75) is 24.8 Å². The first-order valence-electron chi connectivity index (χ1n) is 5.92. The minimum Gasteiger partial charge on any atom is -0.360 e. The third-order valence-corrected chi connectivity index (χ3v) is 5.37. The molecule has 3 rings (SSSR count). The van der Waals surface area contributed by atoms with Crippen LogP contribution in [0, 0.1) is 13.8 Å². The Morgan fingerprint density at radius 2 is 2.11 bits per heavy atom. The molecule has 1 fully saturated rings. The van der Waals surface area contributed by atoms with E-state index in [2.05, 4.69) is 10.3 Å². The van der Waals surface area contributed by atoms with E-state index in [1.54, 1.807) is 24.7 Å². The summed E-state index contributed by atoms with van der Waals surface area (Å²) in [7, 11) is -3.51. The number of hydrogen-bond acceptors (Lipinski definition) is 5. The monoisotopic (exact) mass is 282 g/mol. The predicted octanol–water partition coefficient (Wildman–Crippen LogP) is 0.734. The Morgan fingerprint density at radius 3 is 2.63 bits per heavy atom. The van der Waals surface area contributed by atoms with E-state index in [-0.39, 0.29) is 10.9 Å². The molecule has 0 amide bonds. The molecule has 8 heteroatoms. The summed E-state index contributed by atoms with van der Waals surface area (Å²) in [5.41, 5.74) is 0.403. The minimum atomic E-state index is -3.51. The van der Waals surface area contributed by atoms with Crippen LogP contribution in [-0.4, -0.2) is 40.7 Å². The van der Waals surface area contributed by atoms with E-state index < -0.39 is 10.0 Å². The van der Waals surface area contributed by atoms with Crippen molar-refractivity contribution in [3.8, 4) is 0 Å². The fraction of sp³-hybridized carbons (Fsp3) is 0.455. The van der Waals surface area contributed by atoms with E-state index in [1.807, 2.05) is 12.3 Å². The average molecular weight is 282 g/mol. The van der Waals surface area contributed by atoms with E-state index in [4.69, 9.17) is 4.52 Å². The Hall–Kier alpha value is -1.67. The number of aryl methyl sites for hydroxylation is 2. The molecule has 2 aromatic heterocycles. The van der Waals surface area contributed by atoms with Gasteiger partial charge in [0, 0.05) is 25.5 Å². The Morgan fingerprint density at radius 1 is 1.37 bits per heavy atom. The second kappa shape index (κ2) is 4.17. The topological polar surface area (TPSA) is 81.2 Å². The molecule has 3 heterocycles. The summed E-state index contributed by atoms with van der Waals surface area (Å²) in [4.78, 5) is 0.186. The van der Waals surface area contributed by atoms with Gasteiger partial charge in [-0.05, 0) is 19.9 Å². The molecule has 2 aromatic rings. The van der Waals surface area contributed by atoms with Crippen molar-refractivity contribution in [1.29, 1.82) is 0 Å². The van der Waals surface area contributed by atoms with Gasteiger partial charge in [-0.15, -0.1) is 0 Å². The van der Waals surface area contributed by atoms with Gasteiger partial charge < -0.3 is 4.52 Å². The largest absolute Gasteiger partial charge is 0.360 e. The van der Waals surface area contributed by atoms with Crippen LogP contribution in [0.15, 0.2) is 27.9 Å². The molecule has 0 radical (unpaired) electrons. The van der Waals surface area contributed by atoms with E-state index in [0.717, 1.165) is 0 Å². The van der Waals surface area contributed by atoms with E-state index in [0.29, 0.717) is 24.5 Å². The molecule has 0 saturated carbocycles. The van der Waals surface area contributed by atoms with Crippen LogP contribution < -0.4 is 0 Å². The third kappa shape index (κ3) is 1.87. The number of nitrogens with zero attached hydrogens (tertiary/aromatic N) is 4. The van der Waals surface area contributed by atoms with Gasteiger partial charge in [0.2, 0.25) is 10.0 Å². The Labute approximate surface area is 110 Å². The molecule has 1 aliphatic heterocycles. The van der Waals surface area contributed by atoms with Gasteiger partial charge >= 0.3 is 0 Å². The van der Waals surface area contributed by atoms with Gasteiger partial charge in [0.1, 0.15) is 10.6 Å². The Kier molecular flexibility index (Phi) is 2.72. The molecule has 0 N–H and O–H groups in total. The fourth-order valence-corrected chi connectivity index (χ4v) is 4.05. The number of hydrogen-bond donors (Lipinski definition) is 0. The van der Waals surface area contributed by atoms with E-state index in [1.165, 1.54) is 4.31 Å². The quantitative estimate of drug-likeness (QED) is 0.829. The van der Waals surface area contributed by atoms with Gasteiger partial charge in [-0.3, -0.25) is 4.68 Å². The highest BCUT2D eigenvalue weighted by Gasteiger charge is 2.40. The Bertz CT molecular complexity index is 664. The highest BCUT2D eigenvalue weighted by molar-refractivity contribution is 7.89. The van der Waals surface area contributed by atoms with Crippen molar-refractivity contribution < 1.29 is 12.9 Å². The molecule has 0 aliphatic carbocycles. The van der Waals surface area contributed by atoms with Crippen LogP contribution in [-0.2, 0) is 10.0 Å². The molecule has 1 aliphatic rings. The van der Waals surface area contributed by atoms with Crippen LogP contribution in [0.5, 0.6) is 0 Å². The van der Waals surface area contributed by atoms with Crippen molar-refractivity contribution in [2.75, 3.05) is 13.1 Å². The number of rotatable bonds is 3. The van der Waals surface area contributed by atoms with Crippen LogP contribution in [0.2, 0.25) is 0 Å². The predicted molar refractivity (Wildman–Crippen MR) is 66.0 cm³/mol. The molecule has 0 spiro atoms. The smallest absolute Gasteiger partial charge is 0.248 e. The van der Waals surface area contributed by atoms with Crippen molar-refractivity contribution in [1.82, 2.24) is 19.2 Å². The molecule has 7 nitrogen and oxygen atoms in total. The summed E-state index contributed by atoms with van der Waals surface area (Å²) >= 11 is 0. The van der Waals surface area contributed by atoms with Crippen molar-refractivity contribution in [3.63, 3.8) is 0 Å². The summed E-state index contributed by atoms with van der Waals surface area (Å²) < 4.78 is 33.0. The maximum Gasteiger partial charge on any atom is 0.248 e. The first kappa shape index (κ1) is 12.4. The van der Waals surface area contributed by atoms with Crippen LogP contribution in [0.1, 0.15) is 17.5 Å². The van der Waals surface area contributed by atoms with Gasteiger partial charge in [-0.25, -0.2) is 8.42 Å².